The summed E-state index contributed by atoms with van der Waals surface area (Å²) < 4.78 is 22.2. The van der Waals surface area contributed by atoms with Crippen LogP contribution in [0.2, 0.25) is 0 Å². The van der Waals surface area contributed by atoms with Crippen molar-refractivity contribution in [3.8, 4) is 11.1 Å². The molecule has 0 spiro atoms. The number of amides is 2. The van der Waals surface area contributed by atoms with Crippen LogP contribution in [0.25, 0.3) is 11.1 Å². The predicted molar refractivity (Wildman–Crippen MR) is 149 cm³/mol. The molecule has 3 aromatic rings. The Labute approximate surface area is 238 Å². The number of morpholine rings is 1. The third-order valence-electron chi connectivity index (χ3n) is 8.25. The van der Waals surface area contributed by atoms with Gasteiger partial charge in [-0.15, -0.1) is 0 Å². The van der Waals surface area contributed by atoms with Crippen molar-refractivity contribution in [3.05, 3.63) is 95.6 Å². The van der Waals surface area contributed by atoms with Gasteiger partial charge in [-0.1, -0.05) is 78.9 Å². The number of hydrogen-bond acceptors (Lipinski definition) is 7. The van der Waals surface area contributed by atoms with E-state index in [4.69, 9.17) is 18.9 Å². The number of nitrogens with zero attached hydrogens (tertiary/aromatic N) is 1. The molecule has 2 fully saturated rings. The predicted octanol–water partition coefficient (Wildman–Crippen LogP) is 4.64. The number of hydrogen-bond donors (Lipinski definition) is 1. The number of esters is 1. The first-order chi connectivity index (χ1) is 20.0. The third-order valence-corrected chi connectivity index (χ3v) is 8.25. The number of benzene rings is 3. The summed E-state index contributed by atoms with van der Waals surface area (Å²) in [6.07, 6.45) is -0.968. The maximum absolute atomic E-state index is 13.5. The van der Waals surface area contributed by atoms with Gasteiger partial charge in [0.05, 0.1) is 32.4 Å². The molecule has 0 aromatic heterocycles. The fourth-order valence-corrected chi connectivity index (χ4v) is 6.44. The molecule has 6 rings (SSSR count). The second kappa shape index (κ2) is 11.2. The van der Waals surface area contributed by atoms with Gasteiger partial charge in [0.25, 0.3) is 0 Å². The van der Waals surface area contributed by atoms with Crippen molar-refractivity contribution in [2.75, 3.05) is 26.9 Å². The van der Waals surface area contributed by atoms with E-state index in [0.29, 0.717) is 0 Å². The Morgan fingerprint density at radius 3 is 2.05 bits per heavy atom. The number of methoxy groups -OCH3 is 1. The van der Waals surface area contributed by atoms with Gasteiger partial charge in [0.15, 0.2) is 0 Å². The molecule has 0 saturated carbocycles. The second-order valence-corrected chi connectivity index (χ2v) is 10.7. The number of carbonyl (C=O) groups is 3. The molecule has 2 bridgehead atoms. The molecule has 3 aliphatic rings. The van der Waals surface area contributed by atoms with Gasteiger partial charge in [-0.25, -0.2) is 14.4 Å². The molecule has 3 aromatic carbocycles. The minimum atomic E-state index is -1.36. The normalized spacial score (nSPS) is 22.7. The smallest absolute Gasteiger partial charge is 0.410 e. The van der Waals surface area contributed by atoms with Gasteiger partial charge in [0.2, 0.25) is 0 Å². The maximum atomic E-state index is 13.5. The van der Waals surface area contributed by atoms with Crippen molar-refractivity contribution in [1.29, 1.82) is 0 Å². The quantitative estimate of drug-likeness (QED) is 0.349. The van der Waals surface area contributed by atoms with E-state index in [1.165, 1.54) is 7.11 Å². The van der Waals surface area contributed by atoms with Crippen LogP contribution < -0.4 is 5.32 Å². The lowest BCUT2D eigenvalue weighted by molar-refractivity contribution is -0.158. The zero-order chi connectivity index (χ0) is 28.4. The zero-order valence-corrected chi connectivity index (χ0v) is 22.8. The van der Waals surface area contributed by atoms with Crippen LogP contribution in [-0.2, 0) is 30.3 Å². The molecule has 0 radical (unpaired) electrons. The van der Waals surface area contributed by atoms with Gasteiger partial charge >= 0.3 is 18.2 Å². The Kier molecular flexibility index (Phi) is 7.36. The number of carbonyl (C=O) groups excluding carboxylic acids is 3. The highest BCUT2D eigenvalue weighted by Crippen LogP contribution is 2.45. The highest BCUT2D eigenvalue weighted by Gasteiger charge is 2.55. The summed E-state index contributed by atoms with van der Waals surface area (Å²) in [5.74, 6) is -0.652. The Morgan fingerprint density at radius 2 is 1.44 bits per heavy atom. The first kappa shape index (κ1) is 26.8. The fourth-order valence-electron chi connectivity index (χ4n) is 6.44. The lowest BCUT2D eigenvalue weighted by atomic mass is 9.78. The van der Waals surface area contributed by atoms with Crippen molar-refractivity contribution >= 4 is 18.2 Å². The first-order valence-corrected chi connectivity index (χ1v) is 13.8. The summed E-state index contributed by atoms with van der Waals surface area (Å²) >= 11 is 0. The maximum Gasteiger partial charge on any atom is 0.410 e. The molecule has 41 heavy (non-hydrogen) atoms. The number of fused-ring (bicyclic) bond motifs is 5. The summed E-state index contributed by atoms with van der Waals surface area (Å²) in [6.45, 7) is 0.669. The van der Waals surface area contributed by atoms with Crippen molar-refractivity contribution in [1.82, 2.24) is 10.2 Å². The molecule has 2 aliphatic heterocycles. The van der Waals surface area contributed by atoms with E-state index in [1.54, 1.807) is 4.90 Å². The number of rotatable bonds is 6. The molecule has 2 unspecified atom stereocenters. The third kappa shape index (κ3) is 5.13. The van der Waals surface area contributed by atoms with Crippen LogP contribution in [0, 0.1) is 0 Å². The van der Waals surface area contributed by atoms with Crippen molar-refractivity contribution in [3.63, 3.8) is 0 Å². The zero-order valence-electron chi connectivity index (χ0n) is 22.8. The SMILES string of the molecule is COC(=O)C1(NC(=O)OCc2ccccc2)CC2COCC(C1)N2C(=O)OCC1c2ccccc2-c2ccccc21. The van der Waals surface area contributed by atoms with E-state index < -0.39 is 35.8 Å². The van der Waals surface area contributed by atoms with E-state index in [-0.39, 0.29) is 45.2 Å². The molecule has 2 heterocycles. The topological polar surface area (TPSA) is 103 Å². The number of alkyl carbamates (subject to hydrolysis) is 1. The van der Waals surface area contributed by atoms with E-state index in [1.807, 2.05) is 54.6 Å². The molecule has 1 N–H and O–H groups in total. The van der Waals surface area contributed by atoms with Crippen LogP contribution in [0.3, 0.4) is 0 Å². The summed E-state index contributed by atoms with van der Waals surface area (Å²) in [5.41, 5.74) is 4.03. The summed E-state index contributed by atoms with van der Waals surface area (Å²) in [7, 11) is 1.28. The number of nitrogens with one attached hydrogen (secondary N) is 1. The van der Waals surface area contributed by atoms with Gasteiger partial charge < -0.3 is 24.3 Å². The molecule has 2 amide bonds. The summed E-state index contributed by atoms with van der Waals surface area (Å²) in [5, 5.41) is 2.77. The molecule has 212 valence electrons. The number of piperidine rings is 1. The van der Waals surface area contributed by atoms with Crippen LogP contribution in [0.1, 0.15) is 35.4 Å². The largest absolute Gasteiger partial charge is 0.467 e. The van der Waals surface area contributed by atoms with E-state index in [9.17, 15) is 14.4 Å². The van der Waals surface area contributed by atoms with Crippen LogP contribution >= 0.6 is 0 Å². The highest BCUT2D eigenvalue weighted by atomic mass is 16.6. The van der Waals surface area contributed by atoms with Crippen molar-refractivity contribution in [2.45, 2.75) is 43.0 Å². The lowest BCUT2D eigenvalue weighted by Crippen LogP contribution is -2.70. The summed E-state index contributed by atoms with van der Waals surface area (Å²) in [4.78, 5) is 41.1. The molecular weight excluding hydrogens is 524 g/mol. The lowest BCUT2D eigenvalue weighted by Gasteiger charge is -2.51. The highest BCUT2D eigenvalue weighted by molar-refractivity contribution is 5.86. The molecule has 2 saturated heterocycles. The monoisotopic (exact) mass is 556 g/mol. The average Bonchev–Trinajstić information content (AvgIpc) is 3.32. The molecule has 9 nitrogen and oxygen atoms in total. The van der Waals surface area contributed by atoms with Crippen molar-refractivity contribution < 1.29 is 33.3 Å². The molecule has 1 aliphatic carbocycles. The Balaban J connectivity index is 1.15. The summed E-state index contributed by atoms with van der Waals surface area (Å²) in [6, 6.07) is 24.6. The Hall–Kier alpha value is -4.37. The van der Waals surface area contributed by atoms with E-state index in [2.05, 4.69) is 29.6 Å². The van der Waals surface area contributed by atoms with Crippen LogP contribution in [0.4, 0.5) is 9.59 Å². The van der Waals surface area contributed by atoms with Gasteiger partial charge in [-0.05, 0) is 27.8 Å². The van der Waals surface area contributed by atoms with Crippen LogP contribution in [0.15, 0.2) is 78.9 Å². The molecular formula is C32H32N2O7. The number of ether oxygens (including phenoxy) is 4. The van der Waals surface area contributed by atoms with Gasteiger partial charge in [-0.3, -0.25) is 4.90 Å². The second-order valence-electron chi connectivity index (χ2n) is 10.7. The van der Waals surface area contributed by atoms with Crippen molar-refractivity contribution in [2.24, 2.45) is 0 Å². The minimum absolute atomic E-state index is 0.0613. The Morgan fingerprint density at radius 1 is 0.854 bits per heavy atom. The van der Waals surface area contributed by atoms with Gasteiger partial charge in [0.1, 0.15) is 18.8 Å². The van der Waals surface area contributed by atoms with E-state index in [0.717, 1.165) is 27.8 Å². The van der Waals surface area contributed by atoms with Gasteiger partial charge in [0, 0.05) is 18.8 Å². The van der Waals surface area contributed by atoms with Gasteiger partial charge in [-0.2, -0.15) is 0 Å². The van der Waals surface area contributed by atoms with Crippen LogP contribution in [-0.4, -0.2) is 67.6 Å². The molecule has 2 atom stereocenters. The van der Waals surface area contributed by atoms with Crippen LogP contribution in [0.5, 0.6) is 0 Å². The average molecular weight is 557 g/mol. The first-order valence-electron chi connectivity index (χ1n) is 13.8. The standard InChI is InChI=1S/C32H32N2O7/c1-38-29(35)32(33-30(36)40-17-21-9-3-2-4-10-21)15-22-18-39-19-23(16-32)34(22)31(37)41-20-28-26-13-7-5-11-24(26)25-12-6-8-14-27(25)28/h2-14,22-23,28H,15-20H2,1H3,(H,33,36). The molecule has 9 heteroatoms. The Bertz CT molecular complexity index is 1380. The van der Waals surface area contributed by atoms with E-state index >= 15 is 0 Å². The minimum Gasteiger partial charge on any atom is -0.467 e. The fraction of sp³-hybridized carbons (Fsp3) is 0.344.